The molecule has 1 nitrogen and oxygen atoms in total. The molecule has 0 amide bonds. The molecule has 19 heavy (non-hydrogen) atoms. The van der Waals surface area contributed by atoms with Crippen LogP contribution in [0, 0.1) is 20.8 Å². The first-order chi connectivity index (χ1) is 8.93. The van der Waals surface area contributed by atoms with E-state index in [0.29, 0.717) is 0 Å². The summed E-state index contributed by atoms with van der Waals surface area (Å²) in [6.45, 7) is 6.30. The van der Waals surface area contributed by atoms with Gasteiger partial charge in [0.05, 0.1) is 15.7 Å². The summed E-state index contributed by atoms with van der Waals surface area (Å²) in [5, 5.41) is 0. The summed E-state index contributed by atoms with van der Waals surface area (Å²) in [7, 11) is 1.72. The Morgan fingerprint density at radius 2 is 1.63 bits per heavy atom. The Hall–Kier alpha value is -0.320. The van der Waals surface area contributed by atoms with Crippen LogP contribution in [-0.2, 0) is 0 Å². The zero-order chi connectivity index (χ0) is 14.2. The van der Waals surface area contributed by atoms with Gasteiger partial charge < -0.3 is 4.74 Å². The Kier molecular flexibility index (Phi) is 4.75. The van der Waals surface area contributed by atoms with E-state index in [1.807, 2.05) is 0 Å². The van der Waals surface area contributed by atoms with Crippen molar-refractivity contribution < 1.29 is 4.74 Å². The van der Waals surface area contributed by atoms with E-state index in [9.17, 15) is 0 Å². The van der Waals surface area contributed by atoms with Crippen molar-refractivity contribution in [2.24, 2.45) is 0 Å². The Labute approximate surface area is 135 Å². The van der Waals surface area contributed by atoms with Gasteiger partial charge in [0.15, 0.2) is 0 Å². The van der Waals surface area contributed by atoms with E-state index in [1.54, 1.807) is 18.4 Å². The number of thiophene rings is 1. The number of ether oxygens (including phenoxy) is 1. The van der Waals surface area contributed by atoms with Crippen LogP contribution in [-0.4, -0.2) is 7.11 Å². The molecule has 1 aromatic carbocycles. The second-order valence-electron chi connectivity index (χ2n) is 4.66. The van der Waals surface area contributed by atoms with E-state index >= 15 is 0 Å². The van der Waals surface area contributed by atoms with Crippen molar-refractivity contribution in [1.29, 1.82) is 0 Å². The Bertz CT molecular complexity index is 562. The van der Waals surface area contributed by atoms with Gasteiger partial charge in [-0.05, 0) is 65.0 Å². The number of methoxy groups -OCH3 is 1. The lowest BCUT2D eigenvalue weighted by Crippen LogP contribution is -1.96. The molecule has 0 radical (unpaired) electrons. The average molecular weight is 404 g/mol. The maximum atomic E-state index is 5.42. The van der Waals surface area contributed by atoms with E-state index in [4.69, 9.17) is 4.74 Å². The van der Waals surface area contributed by atoms with E-state index in [1.165, 1.54) is 30.9 Å². The highest BCUT2D eigenvalue weighted by Crippen LogP contribution is 2.40. The number of aryl methyl sites for hydroxylation is 3. The molecule has 1 atom stereocenters. The van der Waals surface area contributed by atoms with Crippen molar-refractivity contribution in [1.82, 2.24) is 0 Å². The standard InChI is InChI=1S/C15H16Br2OS/c1-8-5-11(6-9(2)14(8)18-4)13(16)12-7-10(3)15(17)19-12/h5-7,13H,1-4H3. The Morgan fingerprint density at radius 3 is 2.05 bits per heavy atom. The zero-order valence-electron chi connectivity index (χ0n) is 11.4. The second-order valence-corrected chi connectivity index (χ2v) is 7.97. The first-order valence-electron chi connectivity index (χ1n) is 5.99. The van der Waals surface area contributed by atoms with Crippen LogP contribution >= 0.6 is 43.2 Å². The van der Waals surface area contributed by atoms with Crippen molar-refractivity contribution in [2.75, 3.05) is 7.11 Å². The summed E-state index contributed by atoms with van der Waals surface area (Å²) < 4.78 is 6.62. The summed E-state index contributed by atoms with van der Waals surface area (Å²) in [5.41, 5.74) is 4.90. The summed E-state index contributed by atoms with van der Waals surface area (Å²) in [6, 6.07) is 6.60. The van der Waals surface area contributed by atoms with Gasteiger partial charge in [0.1, 0.15) is 5.75 Å². The van der Waals surface area contributed by atoms with Gasteiger partial charge in [-0.15, -0.1) is 11.3 Å². The lowest BCUT2D eigenvalue weighted by molar-refractivity contribution is 0.408. The minimum atomic E-state index is 0.228. The van der Waals surface area contributed by atoms with Crippen LogP contribution in [0.4, 0.5) is 0 Å². The number of benzene rings is 1. The largest absolute Gasteiger partial charge is 0.496 e. The van der Waals surface area contributed by atoms with Gasteiger partial charge in [-0.1, -0.05) is 28.1 Å². The minimum Gasteiger partial charge on any atom is -0.496 e. The third-order valence-electron chi connectivity index (χ3n) is 3.11. The quantitative estimate of drug-likeness (QED) is 0.577. The summed E-state index contributed by atoms with van der Waals surface area (Å²) in [4.78, 5) is 1.54. The van der Waals surface area contributed by atoms with Gasteiger partial charge in [-0.25, -0.2) is 0 Å². The summed E-state index contributed by atoms with van der Waals surface area (Å²) in [5.74, 6) is 0.979. The van der Waals surface area contributed by atoms with Gasteiger partial charge in [-0.2, -0.15) is 0 Å². The molecule has 4 heteroatoms. The molecule has 2 aromatic rings. The highest BCUT2D eigenvalue weighted by Gasteiger charge is 2.16. The van der Waals surface area contributed by atoms with E-state index in [0.717, 1.165) is 5.75 Å². The third-order valence-corrected chi connectivity index (χ3v) is 6.63. The van der Waals surface area contributed by atoms with Crippen LogP contribution in [0.3, 0.4) is 0 Å². The molecule has 0 N–H and O–H groups in total. The number of hydrogen-bond acceptors (Lipinski definition) is 2. The molecular weight excluding hydrogens is 388 g/mol. The molecule has 0 aliphatic heterocycles. The topological polar surface area (TPSA) is 9.23 Å². The van der Waals surface area contributed by atoms with Crippen LogP contribution < -0.4 is 4.74 Å². The molecule has 102 valence electrons. The van der Waals surface area contributed by atoms with Crippen molar-refractivity contribution >= 4 is 43.2 Å². The molecular formula is C15H16Br2OS. The fraction of sp³-hybridized carbons (Fsp3) is 0.333. The van der Waals surface area contributed by atoms with Crippen LogP contribution in [0.2, 0.25) is 0 Å². The van der Waals surface area contributed by atoms with Gasteiger partial charge in [-0.3, -0.25) is 0 Å². The fourth-order valence-corrected chi connectivity index (χ4v) is 4.48. The van der Waals surface area contributed by atoms with E-state index in [-0.39, 0.29) is 4.83 Å². The predicted molar refractivity (Wildman–Crippen MR) is 90.0 cm³/mol. The number of hydrogen-bond donors (Lipinski definition) is 0. The molecule has 0 fully saturated rings. The van der Waals surface area contributed by atoms with Crippen LogP contribution in [0.5, 0.6) is 5.75 Å². The zero-order valence-corrected chi connectivity index (χ0v) is 15.4. The predicted octanol–water partition coefficient (Wildman–Crippen LogP) is 5.93. The molecule has 0 aliphatic rings. The number of rotatable bonds is 3. The first kappa shape index (κ1) is 15.1. The minimum absolute atomic E-state index is 0.228. The van der Waals surface area contributed by atoms with Gasteiger partial charge in [0.25, 0.3) is 0 Å². The number of alkyl halides is 1. The molecule has 0 saturated carbocycles. The highest BCUT2D eigenvalue weighted by atomic mass is 79.9. The van der Waals surface area contributed by atoms with Crippen molar-refractivity contribution in [3.63, 3.8) is 0 Å². The third kappa shape index (κ3) is 3.06. The van der Waals surface area contributed by atoms with Crippen LogP contribution in [0.25, 0.3) is 0 Å². The molecule has 2 rings (SSSR count). The van der Waals surface area contributed by atoms with Gasteiger partial charge >= 0.3 is 0 Å². The van der Waals surface area contributed by atoms with Crippen LogP contribution in [0.1, 0.15) is 32.0 Å². The van der Waals surface area contributed by atoms with Gasteiger partial charge in [0.2, 0.25) is 0 Å². The molecule has 0 spiro atoms. The maximum Gasteiger partial charge on any atom is 0.124 e. The van der Waals surface area contributed by atoms with E-state index < -0.39 is 0 Å². The summed E-state index contributed by atoms with van der Waals surface area (Å²) in [6.07, 6.45) is 0. The molecule has 1 unspecified atom stereocenters. The maximum absolute atomic E-state index is 5.42. The highest BCUT2D eigenvalue weighted by molar-refractivity contribution is 9.11. The second kappa shape index (κ2) is 5.98. The average Bonchev–Trinajstić information content (AvgIpc) is 2.68. The lowest BCUT2D eigenvalue weighted by Gasteiger charge is -2.14. The number of halogens is 2. The Morgan fingerprint density at radius 1 is 1.05 bits per heavy atom. The smallest absolute Gasteiger partial charge is 0.124 e. The molecule has 0 saturated heterocycles. The summed E-state index contributed by atoms with van der Waals surface area (Å²) >= 11 is 9.17. The molecule has 1 heterocycles. The van der Waals surface area contributed by atoms with E-state index in [2.05, 4.69) is 70.8 Å². The lowest BCUT2D eigenvalue weighted by atomic mass is 10.0. The first-order valence-corrected chi connectivity index (χ1v) is 8.51. The van der Waals surface area contributed by atoms with Crippen molar-refractivity contribution in [3.8, 4) is 5.75 Å². The Balaban J connectivity index is 2.41. The fourth-order valence-electron chi connectivity index (χ4n) is 2.22. The van der Waals surface area contributed by atoms with Gasteiger partial charge in [0, 0.05) is 4.88 Å². The molecule has 0 bridgehead atoms. The monoisotopic (exact) mass is 402 g/mol. The SMILES string of the molecule is COc1c(C)cc(C(Br)c2cc(C)c(Br)s2)cc1C. The molecule has 1 aromatic heterocycles. The normalized spacial score (nSPS) is 12.5. The molecule has 0 aliphatic carbocycles. The van der Waals surface area contributed by atoms with Crippen molar-refractivity contribution in [2.45, 2.75) is 25.6 Å². The van der Waals surface area contributed by atoms with Crippen molar-refractivity contribution in [3.05, 3.63) is 49.1 Å². The van der Waals surface area contributed by atoms with Crippen LogP contribution in [0.15, 0.2) is 22.0 Å².